The lowest BCUT2D eigenvalue weighted by atomic mass is 9.82. The second-order valence-corrected chi connectivity index (χ2v) is 9.05. The van der Waals surface area contributed by atoms with E-state index in [2.05, 4.69) is 13.8 Å². The van der Waals surface area contributed by atoms with E-state index in [1.165, 1.54) is 32.1 Å². The molecular formula is C24H44O5. The first-order valence-electron chi connectivity index (χ1n) is 11.6. The molecule has 5 heteroatoms. The molecule has 5 nitrogen and oxygen atoms in total. The molecule has 1 unspecified atom stereocenters. The fourth-order valence-corrected chi connectivity index (χ4v) is 4.55. The van der Waals surface area contributed by atoms with Crippen molar-refractivity contribution in [1.82, 2.24) is 0 Å². The van der Waals surface area contributed by atoms with Crippen molar-refractivity contribution in [3.8, 4) is 0 Å². The molecule has 0 amide bonds. The van der Waals surface area contributed by atoms with Crippen molar-refractivity contribution in [2.45, 2.75) is 115 Å². The van der Waals surface area contributed by atoms with Crippen molar-refractivity contribution in [2.75, 3.05) is 7.11 Å². The number of rotatable bonds is 16. The summed E-state index contributed by atoms with van der Waals surface area (Å²) in [5.41, 5.74) is -0.170. The minimum absolute atomic E-state index is 0.0615. The highest BCUT2D eigenvalue weighted by Gasteiger charge is 2.41. The number of aliphatic hydroxyl groups excluding tert-OH is 2. The highest BCUT2D eigenvalue weighted by Crippen LogP contribution is 2.40. The molecule has 0 aromatic heterocycles. The Labute approximate surface area is 177 Å². The van der Waals surface area contributed by atoms with Gasteiger partial charge in [0.2, 0.25) is 0 Å². The van der Waals surface area contributed by atoms with Gasteiger partial charge >= 0.3 is 5.97 Å². The van der Waals surface area contributed by atoms with Crippen LogP contribution in [0.25, 0.3) is 0 Å². The van der Waals surface area contributed by atoms with Crippen LogP contribution >= 0.6 is 0 Å². The second kappa shape index (κ2) is 14.2. The SMILES string of the molecule is CCCCCCCC(C)(CC[C@@H]1[C@@H](C/C=C\CCCC(=O)O)[C@@H](O)C[C@H]1O)OC. The molecule has 1 aliphatic rings. The van der Waals surface area contributed by atoms with E-state index in [1.54, 1.807) is 7.11 Å². The van der Waals surface area contributed by atoms with E-state index >= 15 is 0 Å². The third kappa shape index (κ3) is 10.1. The molecule has 0 spiro atoms. The van der Waals surface area contributed by atoms with E-state index in [1.807, 2.05) is 12.2 Å². The first kappa shape index (κ1) is 26.1. The van der Waals surface area contributed by atoms with Gasteiger partial charge in [-0.05, 0) is 63.7 Å². The van der Waals surface area contributed by atoms with Crippen molar-refractivity contribution in [1.29, 1.82) is 0 Å². The zero-order chi connectivity index (χ0) is 21.7. The van der Waals surface area contributed by atoms with E-state index in [0.717, 1.165) is 32.1 Å². The van der Waals surface area contributed by atoms with Crippen molar-refractivity contribution >= 4 is 5.97 Å². The van der Waals surface area contributed by atoms with E-state index in [-0.39, 0.29) is 23.9 Å². The molecular weight excluding hydrogens is 368 g/mol. The number of methoxy groups -OCH3 is 1. The van der Waals surface area contributed by atoms with Crippen molar-refractivity contribution in [3.63, 3.8) is 0 Å². The standard InChI is InChI=1S/C24H44O5/c1-4-5-6-9-12-16-24(2,29-3)17-15-20-19(21(25)18-22(20)26)13-10-7-8-11-14-23(27)28/h7,10,19-22,25-26H,4-6,8-9,11-18H2,1-3H3,(H,27,28)/b10-7-/t19-,20-,21+,22-,24?/m1/s1. The quantitative estimate of drug-likeness (QED) is 0.243. The number of aliphatic carboxylic acids is 1. The maximum atomic E-state index is 10.6. The van der Waals surface area contributed by atoms with Crippen LogP contribution in [-0.2, 0) is 9.53 Å². The Balaban J connectivity index is 2.48. The molecule has 0 aliphatic heterocycles. The fraction of sp³-hybridized carbons (Fsp3) is 0.875. The maximum absolute atomic E-state index is 10.6. The Morgan fingerprint density at radius 3 is 2.38 bits per heavy atom. The van der Waals surface area contributed by atoms with Gasteiger partial charge in [0.1, 0.15) is 0 Å². The monoisotopic (exact) mass is 412 g/mol. The predicted molar refractivity (Wildman–Crippen MR) is 117 cm³/mol. The summed E-state index contributed by atoms with van der Waals surface area (Å²) in [6.45, 7) is 4.39. The number of unbranched alkanes of at least 4 members (excludes halogenated alkanes) is 5. The summed E-state index contributed by atoms with van der Waals surface area (Å²) in [5, 5.41) is 29.6. The minimum atomic E-state index is -0.764. The summed E-state index contributed by atoms with van der Waals surface area (Å²) in [7, 11) is 1.78. The van der Waals surface area contributed by atoms with E-state index in [0.29, 0.717) is 12.8 Å². The largest absolute Gasteiger partial charge is 0.481 e. The maximum Gasteiger partial charge on any atom is 0.303 e. The van der Waals surface area contributed by atoms with Gasteiger partial charge in [-0.25, -0.2) is 0 Å². The number of allylic oxidation sites excluding steroid dienone is 2. The zero-order valence-corrected chi connectivity index (χ0v) is 18.8. The molecule has 1 saturated carbocycles. The predicted octanol–water partition coefficient (Wildman–Crippen LogP) is 5.09. The summed E-state index contributed by atoms with van der Waals surface area (Å²) in [6.07, 6.45) is 14.9. The van der Waals surface area contributed by atoms with Crippen LogP contribution in [0.5, 0.6) is 0 Å². The first-order chi connectivity index (χ1) is 13.8. The number of carboxylic acid groups (broad SMARTS) is 1. The molecule has 5 atom stereocenters. The number of carboxylic acids is 1. The van der Waals surface area contributed by atoms with Crippen LogP contribution < -0.4 is 0 Å². The van der Waals surface area contributed by atoms with Crippen LogP contribution in [0.15, 0.2) is 12.2 Å². The van der Waals surface area contributed by atoms with Crippen LogP contribution in [0.1, 0.15) is 97.3 Å². The molecule has 1 fully saturated rings. The van der Waals surface area contributed by atoms with Crippen LogP contribution in [0.4, 0.5) is 0 Å². The third-order valence-electron chi connectivity index (χ3n) is 6.67. The molecule has 1 aliphatic carbocycles. The lowest BCUT2D eigenvalue weighted by Crippen LogP contribution is -2.30. The van der Waals surface area contributed by atoms with Crippen molar-refractivity contribution < 1.29 is 24.9 Å². The fourth-order valence-electron chi connectivity index (χ4n) is 4.55. The molecule has 29 heavy (non-hydrogen) atoms. The number of hydrogen-bond acceptors (Lipinski definition) is 4. The summed E-state index contributed by atoms with van der Waals surface area (Å²) < 4.78 is 5.84. The smallest absolute Gasteiger partial charge is 0.303 e. The number of carbonyl (C=O) groups is 1. The van der Waals surface area contributed by atoms with E-state index in [9.17, 15) is 15.0 Å². The van der Waals surface area contributed by atoms with Crippen LogP contribution in [0.3, 0.4) is 0 Å². The molecule has 0 aromatic rings. The van der Waals surface area contributed by atoms with Crippen molar-refractivity contribution in [3.05, 3.63) is 12.2 Å². The van der Waals surface area contributed by atoms with Gasteiger partial charge in [-0.1, -0.05) is 51.2 Å². The minimum Gasteiger partial charge on any atom is -0.481 e. The Morgan fingerprint density at radius 1 is 1.03 bits per heavy atom. The molecule has 170 valence electrons. The third-order valence-corrected chi connectivity index (χ3v) is 6.67. The van der Waals surface area contributed by atoms with Crippen LogP contribution in [-0.4, -0.2) is 46.2 Å². The highest BCUT2D eigenvalue weighted by molar-refractivity contribution is 5.66. The summed E-state index contributed by atoms with van der Waals surface area (Å²) >= 11 is 0. The molecule has 0 radical (unpaired) electrons. The molecule has 3 N–H and O–H groups in total. The number of hydrogen-bond donors (Lipinski definition) is 3. The summed E-state index contributed by atoms with van der Waals surface area (Å²) in [5.74, 6) is -0.617. The Bertz CT molecular complexity index is 478. The number of aliphatic hydroxyl groups is 2. The van der Waals surface area contributed by atoms with Gasteiger partial charge in [-0.15, -0.1) is 0 Å². The average Bonchev–Trinajstić information content (AvgIpc) is 2.95. The summed E-state index contributed by atoms with van der Waals surface area (Å²) in [4.78, 5) is 10.6. The summed E-state index contributed by atoms with van der Waals surface area (Å²) in [6, 6.07) is 0. The van der Waals surface area contributed by atoms with Gasteiger partial charge in [0.25, 0.3) is 0 Å². The van der Waals surface area contributed by atoms with E-state index < -0.39 is 18.2 Å². The zero-order valence-electron chi connectivity index (χ0n) is 18.8. The van der Waals surface area contributed by atoms with Gasteiger partial charge in [-0.2, -0.15) is 0 Å². The van der Waals surface area contributed by atoms with Gasteiger partial charge in [0.05, 0.1) is 17.8 Å². The van der Waals surface area contributed by atoms with Gasteiger partial charge in [0, 0.05) is 13.5 Å². The Morgan fingerprint density at radius 2 is 1.72 bits per heavy atom. The number of ether oxygens (including phenoxy) is 1. The average molecular weight is 413 g/mol. The lowest BCUT2D eigenvalue weighted by molar-refractivity contribution is -0.137. The first-order valence-corrected chi connectivity index (χ1v) is 11.6. The molecule has 1 rings (SSSR count). The van der Waals surface area contributed by atoms with Gasteiger partial charge in [-0.3, -0.25) is 4.79 Å². The second-order valence-electron chi connectivity index (χ2n) is 9.05. The van der Waals surface area contributed by atoms with Gasteiger partial charge in [0.15, 0.2) is 0 Å². The highest BCUT2D eigenvalue weighted by atomic mass is 16.5. The van der Waals surface area contributed by atoms with E-state index in [4.69, 9.17) is 9.84 Å². The van der Waals surface area contributed by atoms with Crippen LogP contribution in [0.2, 0.25) is 0 Å². The molecule has 0 bridgehead atoms. The topological polar surface area (TPSA) is 87.0 Å². The molecule has 0 saturated heterocycles. The lowest BCUT2D eigenvalue weighted by Gasteiger charge is -2.31. The van der Waals surface area contributed by atoms with Gasteiger partial charge < -0.3 is 20.1 Å². The Kier molecular flexibility index (Phi) is 12.8. The Hall–Kier alpha value is -0.910. The molecule has 0 aromatic carbocycles. The normalized spacial score (nSPS) is 26.8. The van der Waals surface area contributed by atoms with Crippen molar-refractivity contribution in [2.24, 2.45) is 11.8 Å². The van der Waals surface area contributed by atoms with Crippen LogP contribution in [0, 0.1) is 11.8 Å². The molecule has 0 heterocycles.